The van der Waals surface area contributed by atoms with Crippen molar-refractivity contribution in [2.24, 2.45) is 5.73 Å². The molecule has 0 unspecified atom stereocenters. The molecular weight excluding hydrogens is 403 g/mol. The van der Waals surface area contributed by atoms with Gasteiger partial charge in [-0.25, -0.2) is 4.98 Å². The first kappa shape index (κ1) is 22.8. The number of nitrogens with two attached hydrogens (primary N) is 1. The van der Waals surface area contributed by atoms with Gasteiger partial charge in [0.15, 0.2) is 0 Å². The summed E-state index contributed by atoms with van der Waals surface area (Å²) in [6.07, 6.45) is 11.4. The van der Waals surface area contributed by atoms with Crippen LogP contribution < -0.4 is 5.73 Å². The first-order valence-corrected chi connectivity index (χ1v) is 12.7. The van der Waals surface area contributed by atoms with Crippen LogP contribution in [0.4, 0.5) is 0 Å². The van der Waals surface area contributed by atoms with Crippen molar-refractivity contribution in [1.82, 2.24) is 4.98 Å². The average molecular weight is 437 g/mol. The topological polar surface area (TPSA) is 88.6 Å². The summed E-state index contributed by atoms with van der Waals surface area (Å²) in [4.78, 5) is 23.2. The van der Waals surface area contributed by atoms with Crippen LogP contribution in [0, 0.1) is 0 Å². The van der Waals surface area contributed by atoms with Crippen molar-refractivity contribution in [3.8, 4) is 10.4 Å². The molecule has 5 nitrogen and oxygen atoms in total. The van der Waals surface area contributed by atoms with Crippen molar-refractivity contribution >= 4 is 19.9 Å². The zero-order chi connectivity index (χ0) is 20.7. The molecule has 0 atom stereocenters. The van der Waals surface area contributed by atoms with Crippen molar-refractivity contribution < 1.29 is 14.3 Å². The highest BCUT2D eigenvalue weighted by Crippen LogP contribution is 2.38. The Kier molecular flexibility index (Phi) is 8.60. The molecule has 0 amide bonds. The second kappa shape index (κ2) is 10.9. The molecule has 1 saturated carbocycles. The van der Waals surface area contributed by atoms with Crippen molar-refractivity contribution in [3.05, 3.63) is 40.5 Å². The van der Waals surface area contributed by atoms with Gasteiger partial charge in [-0.1, -0.05) is 56.9 Å². The van der Waals surface area contributed by atoms with E-state index < -0.39 is 8.60 Å². The second-order valence-corrected chi connectivity index (χ2v) is 9.94. The third kappa shape index (κ3) is 6.55. The number of rotatable bonds is 7. The van der Waals surface area contributed by atoms with Gasteiger partial charge in [-0.05, 0) is 49.7 Å². The number of thiazole rings is 1. The Labute approximate surface area is 179 Å². The number of hydrogen-bond donors (Lipinski definition) is 3. The molecular formula is C22H33N2O3PS. The summed E-state index contributed by atoms with van der Waals surface area (Å²) in [6, 6.07) is 8.80. The molecule has 160 valence electrons. The quantitative estimate of drug-likeness (QED) is 0.414. The van der Waals surface area contributed by atoms with Crippen LogP contribution in [0.3, 0.4) is 0 Å². The zero-order valence-corrected chi connectivity index (χ0v) is 19.0. The molecule has 0 bridgehead atoms. The Hall–Kier alpha value is -0.880. The molecule has 0 radical (unpaired) electrons. The molecule has 2 aliphatic rings. The van der Waals surface area contributed by atoms with Crippen molar-refractivity contribution in [2.75, 3.05) is 6.61 Å². The lowest BCUT2D eigenvalue weighted by Gasteiger charge is -2.22. The molecule has 29 heavy (non-hydrogen) atoms. The van der Waals surface area contributed by atoms with Gasteiger partial charge in [0.2, 0.25) is 0 Å². The lowest BCUT2D eigenvalue weighted by atomic mass is 9.94. The minimum absolute atomic E-state index is 0.270. The fourth-order valence-corrected chi connectivity index (χ4v) is 5.62. The minimum atomic E-state index is -2.23. The predicted molar refractivity (Wildman–Crippen MR) is 121 cm³/mol. The fraction of sp³-hybridized carbons (Fsp3) is 0.591. The predicted octanol–water partition coefficient (Wildman–Crippen LogP) is 5.13. The number of nitrogens with zero attached hydrogens (tertiary/aromatic N) is 1. The fourth-order valence-electron chi connectivity index (χ4n) is 4.04. The van der Waals surface area contributed by atoms with E-state index in [2.05, 4.69) is 35.7 Å². The summed E-state index contributed by atoms with van der Waals surface area (Å²) in [5, 5.41) is 1.34. The summed E-state index contributed by atoms with van der Waals surface area (Å²) in [5.41, 5.74) is 9.83. The Morgan fingerprint density at radius 2 is 1.93 bits per heavy atom. The first-order chi connectivity index (χ1) is 14.0. The summed E-state index contributed by atoms with van der Waals surface area (Å²) in [5.74, 6) is 0. The summed E-state index contributed by atoms with van der Waals surface area (Å²) in [7, 11) is -2.23. The standard InChI is InChI=1S/C16H19NS.C6H14NO3P/c1-2-3-4-9-15-17-14-11-10-12-7-5-6-8-13(12)16(14)18-15;7-6(3-1-2-4-6)5-10-11(8)9/h5-8H,2-4,9-11H2,1H3;8-9H,1-5,7H2. The highest BCUT2D eigenvalue weighted by atomic mass is 32.1. The first-order valence-electron chi connectivity index (χ1n) is 10.7. The molecule has 2 aliphatic carbocycles. The van der Waals surface area contributed by atoms with E-state index in [4.69, 9.17) is 20.5 Å². The van der Waals surface area contributed by atoms with Gasteiger partial charge in [0.05, 0.1) is 22.2 Å². The van der Waals surface area contributed by atoms with E-state index in [-0.39, 0.29) is 12.1 Å². The molecule has 1 aromatic heterocycles. The maximum atomic E-state index is 8.47. The van der Waals surface area contributed by atoms with E-state index in [0.29, 0.717) is 0 Å². The van der Waals surface area contributed by atoms with Gasteiger partial charge in [-0.15, -0.1) is 11.3 Å². The van der Waals surface area contributed by atoms with Crippen molar-refractivity contribution in [3.63, 3.8) is 0 Å². The summed E-state index contributed by atoms with van der Waals surface area (Å²) >= 11 is 1.92. The van der Waals surface area contributed by atoms with Gasteiger partial charge in [-0.3, -0.25) is 0 Å². The van der Waals surface area contributed by atoms with E-state index >= 15 is 0 Å². The van der Waals surface area contributed by atoms with Gasteiger partial charge >= 0.3 is 8.60 Å². The Balaban J connectivity index is 0.000000188. The van der Waals surface area contributed by atoms with E-state index in [1.54, 1.807) is 0 Å². The van der Waals surface area contributed by atoms with Gasteiger partial charge in [0.25, 0.3) is 0 Å². The molecule has 4 rings (SSSR count). The second-order valence-electron chi connectivity index (χ2n) is 8.09. The molecule has 0 saturated heterocycles. The highest BCUT2D eigenvalue weighted by molar-refractivity contribution is 7.39. The van der Waals surface area contributed by atoms with E-state index in [9.17, 15) is 0 Å². The van der Waals surface area contributed by atoms with E-state index in [1.165, 1.54) is 46.0 Å². The van der Waals surface area contributed by atoms with Crippen molar-refractivity contribution in [2.45, 2.75) is 76.7 Å². The molecule has 0 aliphatic heterocycles. The maximum Gasteiger partial charge on any atom is 0.327 e. The van der Waals surface area contributed by atoms with Crippen LogP contribution in [-0.4, -0.2) is 26.9 Å². The van der Waals surface area contributed by atoms with Crippen LogP contribution in [0.15, 0.2) is 24.3 Å². The van der Waals surface area contributed by atoms with Crippen LogP contribution in [0.25, 0.3) is 10.4 Å². The summed E-state index contributed by atoms with van der Waals surface area (Å²) in [6.45, 7) is 2.52. The van der Waals surface area contributed by atoms with Crippen LogP contribution in [0.1, 0.15) is 68.1 Å². The van der Waals surface area contributed by atoms with Crippen LogP contribution >= 0.6 is 19.9 Å². The van der Waals surface area contributed by atoms with Gasteiger partial charge in [0.1, 0.15) is 0 Å². The molecule has 1 fully saturated rings. The molecule has 0 spiro atoms. The van der Waals surface area contributed by atoms with Gasteiger partial charge in [-0.2, -0.15) is 0 Å². The molecule has 1 heterocycles. The highest BCUT2D eigenvalue weighted by Gasteiger charge is 2.30. The molecule has 1 aromatic carbocycles. The average Bonchev–Trinajstić information content (AvgIpc) is 3.34. The molecule has 2 aromatic rings. The maximum absolute atomic E-state index is 8.47. The lowest BCUT2D eigenvalue weighted by Crippen LogP contribution is -2.40. The largest absolute Gasteiger partial charge is 0.328 e. The monoisotopic (exact) mass is 436 g/mol. The molecule has 4 N–H and O–H groups in total. The van der Waals surface area contributed by atoms with Crippen LogP contribution in [-0.2, 0) is 23.8 Å². The van der Waals surface area contributed by atoms with Gasteiger partial charge < -0.3 is 20.0 Å². The van der Waals surface area contributed by atoms with Crippen LogP contribution in [0.2, 0.25) is 0 Å². The Morgan fingerprint density at radius 3 is 2.66 bits per heavy atom. The third-order valence-electron chi connectivity index (χ3n) is 5.70. The zero-order valence-electron chi connectivity index (χ0n) is 17.3. The normalized spacial score (nSPS) is 16.9. The number of unbranched alkanes of at least 4 members (excludes halogenated alkanes) is 2. The SMILES string of the molecule is CCCCCc1nc2c(s1)-c1ccccc1CC2.NC1(COP(O)O)CCCC1. The van der Waals surface area contributed by atoms with E-state index in [0.717, 1.165) is 44.9 Å². The number of hydrogen-bond acceptors (Lipinski definition) is 6. The minimum Gasteiger partial charge on any atom is -0.328 e. The van der Waals surface area contributed by atoms with E-state index in [1.807, 2.05) is 11.3 Å². The number of benzene rings is 1. The third-order valence-corrected chi connectivity index (χ3v) is 7.25. The Morgan fingerprint density at radius 1 is 1.17 bits per heavy atom. The Bertz CT molecular complexity index is 775. The summed E-state index contributed by atoms with van der Waals surface area (Å²) < 4.78 is 4.68. The van der Waals surface area contributed by atoms with Crippen molar-refractivity contribution in [1.29, 1.82) is 0 Å². The molecule has 7 heteroatoms. The lowest BCUT2D eigenvalue weighted by molar-refractivity contribution is 0.191. The number of aromatic nitrogens is 1. The van der Waals surface area contributed by atoms with Gasteiger partial charge in [0, 0.05) is 5.54 Å². The van der Waals surface area contributed by atoms with Crippen LogP contribution in [0.5, 0.6) is 0 Å². The smallest absolute Gasteiger partial charge is 0.327 e. The number of fused-ring (bicyclic) bond motifs is 3. The number of aryl methyl sites for hydroxylation is 3.